The molecule has 0 atom stereocenters. The summed E-state index contributed by atoms with van der Waals surface area (Å²) in [4.78, 5) is 41.0. The Balaban J connectivity index is 1.55. The molecule has 2 aromatic carbocycles. The summed E-state index contributed by atoms with van der Waals surface area (Å²) in [7, 11) is 0. The van der Waals surface area contributed by atoms with Gasteiger partial charge in [0.2, 0.25) is 0 Å². The first-order chi connectivity index (χ1) is 15.3. The molecule has 32 heavy (non-hydrogen) atoms. The second kappa shape index (κ2) is 8.74. The minimum absolute atomic E-state index is 0.0749. The van der Waals surface area contributed by atoms with Gasteiger partial charge in [0.15, 0.2) is 6.61 Å². The lowest BCUT2D eigenvalue weighted by molar-refractivity contribution is -0.384. The van der Waals surface area contributed by atoms with Crippen LogP contribution in [0.3, 0.4) is 0 Å². The van der Waals surface area contributed by atoms with Gasteiger partial charge in [-0.25, -0.2) is 4.79 Å². The van der Waals surface area contributed by atoms with Crippen molar-refractivity contribution in [3.8, 4) is 0 Å². The van der Waals surface area contributed by atoms with E-state index in [-0.39, 0.29) is 11.4 Å². The van der Waals surface area contributed by atoms with Crippen LogP contribution < -0.4 is 5.32 Å². The van der Waals surface area contributed by atoms with Crippen LogP contribution in [-0.2, 0) is 22.4 Å². The summed E-state index contributed by atoms with van der Waals surface area (Å²) >= 11 is 0. The number of benzene rings is 2. The van der Waals surface area contributed by atoms with Crippen molar-refractivity contribution in [2.75, 3.05) is 11.9 Å². The monoisotopic (exact) mass is 433 g/mol. The Morgan fingerprint density at radius 3 is 2.62 bits per heavy atom. The van der Waals surface area contributed by atoms with E-state index in [1.165, 1.54) is 6.07 Å². The van der Waals surface area contributed by atoms with Crippen LogP contribution in [0.15, 0.2) is 36.4 Å². The molecule has 1 aliphatic rings. The fourth-order valence-electron chi connectivity index (χ4n) is 4.05. The Labute approximate surface area is 184 Å². The van der Waals surface area contributed by atoms with Crippen LogP contribution in [0.4, 0.5) is 11.4 Å². The van der Waals surface area contributed by atoms with E-state index in [1.54, 1.807) is 19.9 Å². The highest BCUT2D eigenvalue weighted by Gasteiger charge is 2.24. The zero-order valence-electron chi connectivity index (χ0n) is 17.9. The second-order valence-electron chi connectivity index (χ2n) is 7.97. The quantitative estimate of drug-likeness (QED) is 0.362. The lowest BCUT2D eigenvalue weighted by Gasteiger charge is -2.20. The molecule has 164 valence electrons. The van der Waals surface area contributed by atoms with Gasteiger partial charge in [0.05, 0.1) is 16.0 Å². The molecule has 0 radical (unpaired) electrons. The van der Waals surface area contributed by atoms with Crippen LogP contribution in [0, 0.1) is 24.0 Å². The van der Waals surface area contributed by atoms with E-state index in [0.717, 1.165) is 53.6 Å². The van der Waals surface area contributed by atoms with Crippen LogP contribution in [-0.4, -0.2) is 28.4 Å². The van der Waals surface area contributed by atoms with Crippen LogP contribution in [0.2, 0.25) is 0 Å². The Hall–Kier alpha value is -3.81. The topological polar surface area (TPSA) is 111 Å². The van der Waals surface area contributed by atoms with Gasteiger partial charge < -0.3 is 10.1 Å². The van der Waals surface area contributed by atoms with E-state index in [9.17, 15) is 19.7 Å². The Bertz CT molecular complexity index is 1250. The molecular formula is C24H23N3O5. The molecule has 4 rings (SSSR count). The zero-order chi connectivity index (χ0) is 22.8. The van der Waals surface area contributed by atoms with Gasteiger partial charge in [0.25, 0.3) is 11.6 Å². The molecule has 0 aliphatic heterocycles. The molecule has 1 N–H and O–H groups in total. The number of nitrogens with zero attached hydrogens (tertiary/aromatic N) is 2. The maximum atomic E-state index is 13.0. The van der Waals surface area contributed by atoms with Crippen LogP contribution in [0.25, 0.3) is 10.9 Å². The summed E-state index contributed by atoms with van der Waals surface area (Å²) in [6, 6.07) is 10.3. The van der Waals surface area contributed by atoms with Crippen molar-refractivity contribution in [1.82, 2.24) is 4.98 Å². The summed E-state index contributed by atoms with van der Waals surface area (Å²) in [5.74, 6) is -1.23. The molecule has 1 amide bonds. The fourth-order valence-corrected chi connectivity index (χ4v) is 4.05. The van der Waals surface area contributed by atoms with E-state index in [0.29, 0.717) is 10.9 Å². The number of carbonyl (C=O) groups is 2. The van der Waals surface area contributed by atoms with Crippen molar-refractivity contribution >= 4 is 34.2 Å². The Morgan fingerprint density at radius 1 is 1.12 bits per heavy atom. The predicted molar refractivity (Wildman–Crippen MR) is 120 cm³/mol. The summed E-state index contributed by atoms with van der Waals surface area (Å²) in [6.45, 7) is 3.01. The molecule has 8 nitrogen and oxygen atoms in total. The Kier molecular flexibility index (Phi) is 5.85. The SMILES string of the molecule is Cc1cc(NC(=O)COC(=O)c2c3c(nc4ccccc24)CCCC3)c([N+](=O)[O-])cc1C. The van der Waals surface area contributed by atoms with Gasteiger partial charge in [-0.2, -0.15) is 0 Å². The van der Waals surface area contributed by atoms with Crippen molar-refractivity contribution in [1.29, 1.82) is 0 Å². The van der Waals surface area contributed by atoms with Crippen molar-refractivity contribution in [2.45, 2.75) is 39.5 Å². The highest BCUT2D eigenvalue weighted by atomic mass is 16.6. The third kappa shape index (κ3) is 4.16. The average molecular weight is 433 g/mol. The van der Waals surface area contributed by atoms with Crippen LogP contribution in [0.5, 0.6) is 0 Å². The number of aromatic nitrogens is 1. The highest BCUT2D eigenvalue weighted by Crippen LogP contribution is 2.30. The van der Waals surface area contributed by atoms with Crippen LogP contribution >= 0.6 is 0 Å². The number of ether oxygens (including phenoxy) is 1. The summed E-state index contributed by atoms with van der Waals surface area (Å²) in [5, 5.41) is 14.5. The standard InChI is InChI=1S/C24H23N3O5/c1-14-11-20(21(27(30)31)12-15(14)2)26-22(28)13-32-24(29)23-16-7-3-5-9-18(16)25-19-10-6-4-8-17(19)23/h3,5,7,9,11-12H,4,6,8,10,13H2,1-2H3,(H,26,28). The number of carbonyl (C=O) groups excluding carboxylic acids is 2. The lowest BCUT2D eigenvalue weighted by Crippen LogP contribution is -2.23. The first kappa shape index (κ1) is 21.4. The summed E-state index contributed by atoms with van der Waals surface area (Å²) < 4.78 is 5.34. The van der Waals surface area contributed by atoms with Gasteiger partial charge in [0, 0.05) is 17.1 Å². The first-order valence-corrected chi connectivity index (χ1v) is 10.5. The Morgan fingerprint density at radius 2 is 1.84 bits per heavy atom. The van der Waals surface area contributed by atoms with E-state index in [1.807, 2.05) is 24.3 Å². The van der Waals surface area contributed by atoms with Crippen molar-refractivity contribution in [3.05, 3.63) is 74.5 Å². The number of amides is 1. The maximum Gasteiger partial charge on any atom is 0.339 e. The first-order valence-electron chi connectivity index (χ1n) is 10.5. The number of nitrogens with one attached hydrogen (secondary N) is 1. The molecule has 1 heterocycles. The maximum absolute atomic E-state index is 13.0. The number of hydrogen-bond acceptors (Lipinski definition) is 6. The predicted octanol–water partition coefficient (Wildman–Crippen LogP) is 4.43. The molecule has 0 saturated heterocycles. The fraction of sp³-hybridized carbons (Fsp3) is 0.292. The second-order valence-corrected chi connectivity index (χ2v) is 7.97. The number of aryl methyl sites for hydroxylation is 3. The number of nitro groups is 1. The summed E-state index contributed by atoms with van der Waals surface area (Å²) in [5.41, 5.74) is 4.37. The number of esters is 1. The molecule has 0 fully saturated rings. The molecule has 8 heteroatoms. The van der Waals surface area contributed by atoms with Gasteiger partial charge in [-0.1, -0.05) is 18.2 Å². The zero-order valence-corrected chi connectivity index (χ0v) is 17.9. The number of nitro benzene ring substituents is 1. The largest absolute Gasteiger partial charge is 0.452 e. The third-order valence-electron chi connectivity index (χ3n) is 5.79. The molecular weight excluding hydrogens is 410 g/mol. The minimum Gasteiger partial charge on any atom is -0.452 e. The van der Waals surface area contributed by atoms with E-state index < -0.39 is 23.4 Å². The highest BCUT2D eigenvalue weighted by molar-refractivity contribution is 6.06. The van der Waals surface area contributed by atoms with E-state index >= 15 is 0 Å². The third-order valence-corrected chi connectivity index (χ3v) is 5.79. The number of fused-ring (bicyclic) bond motifs is 2. The molecule has 0 spiro atoms. The van der Waals surface area contributed by atoms with Crippen molar-refractivity contribution in [2.24, 2.45) is 0 Å². The molecule has 0 bridgehead atoms. The smallest absolute Gasteiger partial charge is 0.339 e. The van der Waals surface area contributed by atoms with E-state index in [4.69, 9.17) is 9.72 Å². The van der Waals surface area contributed by atoms with Gasteiger partial charge >= 0.3 is 5.97 Å². The lowest BCUT2D eigenvalue weighted by atomic mass is 9.90. The number of rotatable bonds is 5. The average Bonchev–Trinajstić information content (AvgIpc) is 2.77. The van der Waals surface area contributed by atoms with Crippen molar-refractivity contribution in [3.63, 3.8) is 0 Å². The van der Waals surface area contributed by atoms with E-state index in [2.05, 4.69) is 5.32 Å². The van der Waals surface area contributed by atoms with Gasteiger partial charge in [-0.15, -0.1) is 0 Å². The van der Waals surface area contributed by atoms with Crippen molar-refractivity contribution < 1.29 is 19.2 Å². The van der Waals surface area contributed by atoms with Gasteiger partial charge in [-0.05, 0) is 68.4 Å². The number of para-hydroxylation sites is 1. The normalized spacial score (nSPS) is 12.8. The molecule has 1 aromatic heterocycles. The number of hydrogen-bond donors (Lipinski definition) is 1. The molecule has 0 unspecified atom stereocenters. The van der Waals surface area contributed by atoms with Gasteiger partial charge in [0.1, 0.15) is 5.69 Å². The van der Waals surface area contributed by atoms with Crippen LogP contribution in [0.1, 0.15) is 45.6 Å². The molecule has 3 aromatic rings. The summed E-state index contributed by atoms with van der Waals surface area (Å²) in [6.07, 6.45) is 3.52. The minimum atomic E-state index is -0.642. The molecule has 0 saturated carbocycles. The number of pyridine rings is 1. The van der Waals surface area contributed by atoms with Gasteiger partial charge in [-0.3, -0.25) is 19.9 Å². The molecule has 1 aliphatic carbocycles. The number of anilines is 1.